The van der Waals surface area contributed by atoms with Gasteiger partial charge in [-0.3, -0.25) is 9.69 Å². The number of hydrogen-bond acceptors (Lipinski definition) is 3. The first-order valence-electron chi connectivity index (χ1n) is 10.4. The number of likely N-dealkylation sites (tertiary alicyclic amines) is 1. The van der Waals surface area contributed by atoms with Gasteiger partial charge in [0.25, 0.3) is 12.3 Å². The lowest BCUT2D eigenvalue weighted by atomic mass is 10.0. The molecule has 5 nitrogen and oxygen atoms in total. The molecule has 0 bridgehead atoms. The number of alkyl halides is 2. The third-order valence-electron chi connectivity index (χ3n) is 5.84. The van der Waals surface area contributed by atoms with Crippen LogP contribution in [0.3, 0.4) is 0 Å². The number of halogens is 2. The summed E-state index contributed by atoms with van der Waals surface area (Å²) in [7, 11) is 0. The molecule has 1 amide bonds. The second kappa shape index (κ2) is 8.92. The largest absolute Gasteiger partial charge is 0.348 e. The van der Waals surface area contributed by atoms with E-state index in [1.54, 1.807) is 18.2 Å². The highest BCUT2D eigenvalue weighted by molar-refractivity contribution is 5.97. The predicted octanol–water partition coefficient (Wildman–Crippen LogP) is 4.80. The van der Waals surface area contributed by atoms with Crippen LogP contribution in [0.4, 0.5) is 8.78 Å². The highest BCUT2D eigenvalue weighted by Gasteiger charge is 2.19. The number of nitrogens with zero attached hydrogens (tertiary/aromatic N) is 2. The molecule has 1 aromatic heterocycles. The van der Waals surface area contributed by atoms with Crippen molar-refractivity contribution in [2.45, 2.75) is 51.7 Å². The Balaban J connectivity index is 1.44. The molecular weight excluding hydrogens is 386 g/mol. The Hall–Kier alpha value is -2.80. The second-order valence-corrected chi connectivity index (χ2v) is 7.92. The lowest BCUT2D eigenvalue weighted by Crippen LogP contribution is -2.37. The number of H-pyrrole nitrogens is 1. The minimum atomic E-state index is -2.67. The summed E-state index contributed by atoms with van der Waals surface area (Å²) < 4.78 is 25.7. The van der Waals surface area contributed by atoms with Gasteiger partial charge in [-0.25, -0.2) is 13.8 Å². The molecule has 1 atom stereocenters. The van der Waals surface area contributed by atoms with Crippen LogP contribution in [0.15, 0.2) is 42.5 Å². The first-order chi connectivity index (χ1) is 14.5. The summed E-state index contributed by atoms with van der Waals surface area (Å²) in [6.45, 7) is 4.67. The van der Waals surface area contributed by atoms with E-state index in [1.165, 1.54) is 24.8 Å². The summed E-state index contributed by atoms with van der Waals surface area (Å²) in [5, 5.41) is 2.96. The number of fused-ring (bicyclic) bond motifs is 1. The Morgan fingerprint density at radius 2 is 2.03 bits per heavy atom. The highest BCUT2D eigenvalue weighted by atomic mass is 19.3. The lowest BCUT2D eigenvalue weighted by molar-refractivity contribution is 0.0950. The maximum atomic E-state index is 12.8. The van der Waals surface area contributed by atoms with Gasteiger partial charge in [0.2, 0.25) is 0 Å². The zero-order valence-corrected chi connectivity index (χ0v) is 17.0. The number of aromatic nitrogens is 2. The molecule has 1 saturated heterocycles. The summed E-state index contributed by atoms with van der Waals surface area (Å²) in [5.41, 5.74) is 3.57. The smallest absolute Gasteiger partial charge is 0.295 e. The molecule has 0 aliphatic carbocycles. The van der Waals surface area contributed by atoms with Crippen molar-refractivity contribution >= 4 is 16.9 Å². The van der Waals surface area contributed by atoms with Crippen molar-refractivity contribution in [1.82, 2.24) is 20.2 Å². The van der Waals surface area contributed by atoms with E-state index in [0.717, 1.165) is 18.7 Å². The third kappa shape index (κ3) is 4.51. The molecule has 4 rings (SSSR count). The number of carbonyl (C=O) groups excluding carboxylic acids is 1. The highest BCUT2D eigenvalue weighted by Crippen LogP contribution is 2.22. The number of piperidine rings is 1. The van der Waals surface area contributed by atoms with Crippen LogP contribution < -0.4 is 5.32 Å². The van der Waals surface area contributed by atoms with E-state index in [0.29, 0.717) is 29.2 Å². The van der Waals surface area contributed by atoms with Crippen LogP contribution in [-0.4, -0.2) is 33.4 Å². The van der Waals surface area contributed by atoms with Crippen LogP contribution in [0.1, 0.15) is 59.9 Å². The van der Waals surface area contributed by atoms with E-state index >= 15 is 0 Å². The van der Waals surface area contributed by atoms with Crippen molar-refractivity contribution < 1.29 is 13.6 Å². The van der Waals surface area contributed by atoms with Crippen molar-refractivity contribution in [1.29, 1.82) is 0 Å². The number of nitrogens with one attached hydrogen (secondary N) is 2. The standard InChI is InChI=1S/C23H26F2N4O/c1-15-6-4-5-11-29(15)14-18-8-3-2-7-17(18)13-26-23(30)16-9-10-19-20(12-16)28-22(27-19)21(24)25/h2-3,7-10,12,15,21H,4-6,11,13-14H2,1H3,(H,26,30)(H,27,28). The maximum absolute atomic E-state index is 12.8. The number of aromatic amines is 1. The average molecular weight is 412 g/mol. The van der Waals surface area contributed by atoms with Gasteiger partial charge in [0.15, 0.2) is 5.82 Å². The Morgan fingerprint density at radius 3 is 2.80 bits per heavy atom. The fourth-order valence-corrected chi connectivity index (χ4v) is 4.05. The first kappa shape index (κ1) is 20.5. The van der Waals surface area contributed by atoms with Gasteiger partial charge in [0.1, 0.15) is 0 Å². The van der Waals surface area contributed by atoms with Crippen molar-refractivity contribution in [3.8, 4) is 0 Å². The van der Waals surface area contributed by atoms with Gasteiger partial charge in [-0.05, 0) is 55.6 Å². The SMILES string of the molecule is CC1CCCCN1Cc1ccccc1CNC(=O)c1ccc2nc(C(F)F)[nH]c2c1. The van der Waals surface area contributed by atoms with E-state index in [-0.39, 0.29) is 11.7 Å². The normalized spacial score (nSPS) is 17.5. The third-order valence-corrected chi connectivity index (χ3v) is 5.84. The molecule has 7 heteroatoms. The quantitative estimate of drug-likeness (QED) is 0.611. The molecule has 2 aromatic carbocycles. The monoisotopic (exact) mass is 412 g/mol. The van der Waals surface area contributed by atoms with Gasteiger partial charge in [-0.15, -0.1) is 0 Å². The minimum absolute atomic E-state index is 0.244. The molecule has 2 heterocycles. The van der Waals surface area contributed by atoms with E-state index in [9.17, 15) is 13.6 Å². The van der Waals surface area contributed by atoms with Crippen molar-refractivity contribution in [2.24, 2.45) is 0 Å². The van der Waals surface area contributed by atoms with Gasteiger partial charge < -0.3 is 10.3 Å². The fourth-order valence-electron chi connectivity index (χ4n) is 4.05. The molecule has 2 N–H and O–H groups in total. The van der Waals surface area contributed by atoms with Crippen molar-refractivity contribution in [3.63, 3.8) is 0 Å². The summed E-state index contributed by atoms with van der Waals surface area (Å²) in [4.78, 5) is 21.6. The summed E-state index contributed by atoms with van der Waals surface area (Å²) in [5.74, 6) is -0.630. The number of amides is 1. The van der Waals surface area contributed by atoms with Crippen LogP contribution in [0.5, 0.6) is 0 Å². The molecule has 0 saturated carbocycles. The van der Waals surface area contributed by atoms with Crippen LogP contribution in [0.25, 0.3) is 11.0 Å². The van der Waals surface area contributed by atoms with Crippen LogP contribution in [0, 0.1) is 0 Å². The van der Waals surface area contributed by atoms with E-state index in [2.05, 4.69) is 33.2 Å². The zero-order chi connectivity index (χ0) is 21.1. The number of benzene rings is 2. The van der Waals surface area contributed by atoms with E-state index < -0.39 is 6.43 Å². The molecule has 1 fully saturated rings. The van der Waals surface area contributed by atoms with E-state index in [4.69, 9.17) is 0 Å². The first-order valence-corrected chi connectivity index (χ1v) is 10.4. The minimum Gasteiger partial charge on any atom is -0.348 e. The summed E-state index contributed by atoms with van der Waals surface area (Å²) in [6, 6.07) is 13.5. The van der Waals surface area contributed by atoms with Crippen LogP contribution in [-0.2, 0) is 13.1 Å². The molecule has 1 aliphatic rings. The summed E-state index contributed by atoms with van der Waals surface area (Å²) >= 11 is 0. The van der Waals surface area contributed by atoms with Crippen molar-refractivity contribution in [3.05, 3.63) is 65.0 Å². The number of imidazole rings is 1. The topological polar surface area (TPSA) is 61.0 Å². The van der Waals surface area contributed by atoms with Crippen LogP contribution >= 0.6 is 0 Å². The Labute approximate surface area is 174 Å². The molecule has 0 spiro atoms. The molecule has 158 valence electrons. The van der Waals surface area contributed by atoms with Crippen LogP contribution in [0.2, 0.25) is 0 Å². The number of rotatable bonds is 6. The van der Waals surface area contributed by atoms with Gasteiger partial charge in [0.05, 0.1) is 11.0 Å². The number of hydrogen-bond donors (Lipinski definition) is 2. The fraction of sp³-hybridized carbons (Fsp3) is 0.391. The van der Waals surface area contributed by atoms with Crippen molar-refractivity contribution in [2.75, 3.05) is 6.54 Å². The molecule has 1 unspecified atom stereocenters. The Kier molecular flexibility index (Phi) is 6.08. The molecule has 3 aromatic rings. The average Bonchev–Trinajstić information content (AvgIpc) is 3.18. The Morgan fingerprint density at radius 1 is 1.23 bits per heavy atom. The maximum Gasteiger partial charge on any atom is 0.295 e. The molecular formula is C23H26F2N4O. The summed E-state index contributed by atoms with van der Waals surface area (Å²) in [6.07, 6.45) is 1.07. The lowest BCUT2D eigenvalue weighted by Gasteiger charge is -2.33. The molecule has 30 heavy (non-hydrogen) atoms. The van der Waals surface area contributed by atoms with Gasteiger partial charge in [-0.2, -0.15) is 0 Å². The zero-order valence-electron chi connectivity index (χ0n) is 17.0. The van der Waals surface area contributed by atoms with Gasteiger partial charge in [-0.1, -0.05) is 30.7 Å². The molecule has 0 radical (unpaired) electrons. The second-order valence-electron chi connectivity index (χ2n) is 7.92. The van der Waals surface area contributed by atoms with Gasteiger partial charge in [0, 0.05) is 24.7 Å². The van der Waals surface area contributed by atoms with E-state index in [1.807, 2.05) is 18.2 Å². The Bertz CT molecular complexity index is 1030. The number of carbonyl (C=O) groups is 1. The van der Waals surface area contributed by atoms with Gasteiger partial charge >= 0.3 is 0 Å². The molecule has 1 aliphatic heterocycles. The predicted molar refractivity (Wildman–Crippen MR) is 112 cm³/mol.